The van der Waals surface area contributed by atoms with E-state index in [2.05, 4.69) is 20.3 Å². The molecule has 0 aliphatic rings. The molecule has 0 unspecified atom stereocenters. The summed E-state index contributed by atoms with van der Waals surface area (Å²) in [6, 6.07) is 7.41. The number of fused-ring (bicyclic) bond motifs is 1. The molecule has 18 heavy (non-hydrogen) atoms. The van der Waals surface area contributed by atoms with Gasteiger partial charge < -0.3 is 10.5 Å². The Kier molecular flexibility index (Phi) is 2.30. The number of hydrogen-bond acceptors (Lipinski definition) is 6. The first-order valence-corrected chi connectivity index (χ1v) is 5.26. The molecule has 0 saturated carbocycles. The lowest BCUT2D eigenvalue weighted by molar-refractivity contribution is 0.414. The van der Waals surface area contributed by atoms with Crippen molar-refractivity contribution in [1.82, 2.24) is 25.0 Å². The highest BCUT2D eigenvalue weighted by Crippen LogP contribution is 2.17. The van der Waals surface area contributed by atoms with Crippen LogP contribution in [-0.4, -0.2) is 32.1 Å². The number of aromatic nitrogens is 5. The molecule has 7 nitrogen and oxygen atoms in total. The molecule has 2 aromatic heterocycles. The quantitative estimate of drug-likeness (QED) is 0.714. The van der Waals surface area contributed by atoms with E-state index in [1.807, 2.05) is 24.3 Å². The van der Waals surface area contributed by atoms with E-state index in [1.54, 1.807) is 18.0 Å². The molecule has 0 aliphatic heterocycles. The van der Waals surface area contributed by atoms with E-state index in [0.29, 0.717) is 11.2 Å². The predicted octanol–water partition coefficient (Wildman–Crippen LogP) is 0.801. The number of hydrogen-bond donors (Lipinski definition) is 1. The maximum absolute atomic E-state index is 5.56. The Hall–Kier alpha value is -2.70. The molecule has 0 bridgehead atoms. The van der Waals surface area contributed by atoms with Gasteiger partial charge in [0.2, 0.25) is 5.95 Å². The van der Waals surface area contributed by atoms with Gasteiger partial charge in [0.25, 0.3) is 0 Å². The van der Waals surface area contributed by atoms with Gasteiger partial charge in [0.05, 0.1) is 19.0 Å². The van der Waals surface area contributed by atoms with Crippen molar-refractivity contribution in [1.29, 1.82) is 0 Å². The van der Waals surface area contributed by atoms with Crippen LogP contribution in [0.4, 0.5) is 5.95 Å². The van der Waals surface area contributed by atoms with Crippen LogP contribution in [0.5, 0.6) is 5.75 Å². The van der Waals surface area contributed by atoms with Gasteiger partial charge in [0.1, 0.15) is 5.75 Å². The minimum absolute atomic E-state index is 0.194. The van der Waals surface area contributed by atoms with Crippen LogP contribution in [0.1, 0.15) is 0 Å². The zero-order valence-corrected chi connectivity index (χ0v) is 9.61. The summed E-state index contributed by atoms with van der Waals surface area (Å²) in [6.07, 6.45) is 1.55. The molecule has 0 amide bonds. The van der Waals surface area contributed by atoms with Crippen molar-refractivity contribution < 1.29 is 4.74 Å². The SMILES string of the molecule is COc1ccc(-n2nnc3cnc(N)nc32)cc1. The fourth-order valence-corrected chi connectivity index (χ4v) is 1.64. The predicted molar refractivity (Wildman–Crippen MR) is 65.4 cm³/mol. The van der Waals surface area contributed by atoms with Crippen molar-refractivity contribution in [3.05, 3.63) is 30.5 Å². The Balaban J connectivity index is 2.15. The summed E-state index contributed by atoms with van der Waals surface area (Å²) in [4.78, 5) is 8.00. The van der Waals surface area contributed by atoms with Crippen LogP contribution >= 0.6 is 0 Å². The number of methoxy groups -OCH3 is 1. The maximum Gasteiger partial charge on any atom is 0.222 e. The van der Waals surface area contributed by atoms with Gasteiger partial charge in [0, 0.05) is 0 Å². The smallest absolute Gasteiger partial charge is 0.222 e. The number of nitrogens with two attached hydrogens (primary N) is 1. The van der Waals surface area contributed by atoms with Gasteiger partial charge in [-0.05, 0) is 24.3 Å². The van der Waals surface area contributed by atoms with Crippen LogP contribution in [0.3, 0.4) is 0 Å². The van der Waals surface area contributed by atoms with Crippen molar-refractivity contribution in [2.75, 3.05) is 12.8 Å². The molecule has 0 aliphatic carbocycles. The van der Waals surface area contributed by atoms with Crippen molar-refractivity contribution in [3.8, 4) is 11.4 Å². The monoisotopic (exact) mass is 242 g/mol. The van der Waals surface area contributed by atoms with E-state index in [4.69, 9.17) is 10.5 Å². The second-order valence-electron chi connectivity index (χ2n) is 3.64. The van der Waals surface area contributed by atoms with Crippen molar-refractivity contribution >= 4 is 17.1 Å². The number of ether oxygens (including phenoxy) is 1. The number of rotatable bonds is 2. The van der Waals surface area contributed by atoms with Crippen LogP contribution < -0.4 is 10.5 Å². The fourth-order valence-electron chi connectivity index (χ4n) is 1.64. The summed E-state index contributed by atoms with van der Waals surface area (Å²) >= 11 is 0. The summed E-state index contributed by atoms with van der Waals surface area (Å²) in [7, 11) is 1.62. The molecule has 0 saturated heterocycles. The highest BCUT2D eigenvalue weighted by molar-refractivity contribution is 5.71. The van der Waals surface area contributed by atoms with Gasteiger partial charge in [-0.15, -0.1) is 5.10 Å². The molecular weight excluding hydrogens is 232 g/mol. The highest BCUT2D eigenvalue weighted by atomic mass is 16.5. The molecule has 1 aromatic carbocycles. The Labute approximate surface area is 102 Å². The minimum Gasteiger partial charge on any atom is -0.497 e. The molecule has 0 fully saturated rings. The van der Waals surface area contributed by atoms with Crippen LogP contribution in [0, 0.1) is 0 Å². The molecule has 2 N–H and O–H groups in total. The molecule has 90 valence electrons. The lowest BCUT2D eigenvalue weighted by Gasteiger charge is -2.03. The summed E-state index contributed by atoms with van der Waals surface area (Å²) in [5.41, 5.74) is 7.57. The molecular formula is C11H10N6O. The Morgan fingerprint density at radius 3 is 2.72 bits per heavy atom. The van der Waals surface area contributed by atoms with E-state index >= 15 is 0 Å². The molecule has 3 aromatic rings. The van der Waals surface area contributed by atoms with Gasteiger partial charge in [-0.3, -0.25) is 0 Å². The lowest BCUT2D eigenvalue weighted by Crippen LogP contribution is -2.00. The average molecular weight is 242 g/mol. The average Bonchev–Trinajstić information content (AvgIpc) is 2.82. The summed E-state index contributed by atoms with van der Waals surface area (Å²) in [5.74, 6) is 0.969. The zero-order chi connectivity index (χ0) is 12.5. The first-order valence-electron chi connectivity index (χ1n) is 5.26. The third kappa shape index (κ3) is 1.61. The number of nitrogens with zero attached hydrogens (tertiary/aromatic N) is 5. The Morgan fingerprint density at radius 2 is 2.00 bits per heavy atom. The van der Waals surface area contributed by atoms with E-state index in [0.717, 1.165) is 11.4 Å². The summed E-state index contributed by atoms with van der Waals surface area (Å²) < 4.78 is 6.71. The Bertz CT molecular complexity index is 690. The van der Waals surface area contributed by atoms with Gasteiger partial charge in [-0.1, -0.05) is 5.21 Å². The fraction of sp³-hybridized carbons (Fsp3) is 0.0909. The second kappa shape index (κ2) is 3.95. The van der Waals surface area contributed by atoms with Gasteiger partial charge in [-0.25, -0.2) is 4.98 Å². The zero-order valence-electron chi connectivity index (χ0n) is 9.61. The lowest BCUT2D eigenvalue weighted by atomic mass is 10.3. The topological polar surface area (TPSA) is 91.7 Å². The van der Waals surface area contributed by atoms with E-state index in [9.17, 15) is 0 Å². The molecule has 0 radical (unpaired) electrons. The van der Waals surface area contributed by atoms with Crippen LogP contribution in [0.2, 0.25) is 0 Å². The van der Waals surface area contributed by atoms with Gasteiger partial charge in [-0.2, -0.15) is 9.67 Å². The van der Waals surface area contributed by atoms with Crippen molar-refractivity contribution in [2.45, 2.75) is 0 Å². The van der Waals surface area contributed by atoms with Crippen molar-refractivity contribution in [3.63, 3.8) is 0 Å². The first-order chi connectivity index (χ1) is 8.78. The maximum atomic E-state index is 5.56. The number of benzene rings is 1. The molecule has 3 rings (SSSR count). The van der Waals surface area contributed by atoms with Crippen molar-refractivity contribution in [2.24, 2.45) is 0 Å². The van der Waals surface area contributed by atoms with E-state index < -0.39 is 0 Å². The second-order valence-corrected chi connectivity index (χ2v) is 3.64. The van der Waals surface area contributed by atoms with Crippen LogP contribution in [0.25, 0.3) is 16.9 Å². The Morgan fingerprint density at radius 1 is 1.22 bits per heavy atom. The first kappa shape index (κ1) is 10.5. The van der Waals surface area contributed by atoms with E-state index in [1.165, 1.54) is 0 Å². The largest absolute Gasteiger partial charge is 0.497 e. The third-order valence-corrected chi connectivity index (χ3v) is 2.53. The van der Waals surface area contributed by atoms with Crippen LogP contribution in [0.15, 0.2) is 30.5 Å². The molecule has 0 atom stereocenters. The molecule has 7 heteroatoms. The van der Waals surface area contributed by atoms with Gasteiger partial charge in [0.15, 0.2) is 11.2 Å². The number of anilines is 1. The third-order valence-electron chi connectivity index (χ3n) is 2.53. The van der Waals surface area contributed by atoms with Crippen LogP contribution in [-0.2, 0) is 0 Å². The molecule has 2 heterocycles. The molecule has 0 spiro atoms. The summed E-state index contributed by atoms with van der Waals surface area (Å²) in [5, 5.41) is 8.01. The minimum atomic E-state index is 0.194. The van der Waals surface area contributed by atoms with Gasteiger partial charge >= 0.3 is 0 Å². The van der Waals surface area contributed by atoms with E-state index in [-0.39, 0.29) is 5.95 Å². The summed E-state index contributed by atoms with van der Waals surface area (Å²) in [6.45, 7) is 0. The standard InChI is InChI=1S/C11H10N6O/c1-18-8-4-2-7(3-5-8)17-10-9(15-16-17)6-13-11(12)14-10/h2-6H,1H3,(H2,12,13,14). The normalized spacial score (nSPS) is 10.7. The highest BCUT2D eigenvalue weighted by Gasteiger charge is 2.08. The number of nitrogen functional groups attached to an aromatic ring is 1.